The lowest BCUT2D eigenvalue weighted by molar-refractivity contribution is -0.119. The van der Waals surface area contributed by atoms with E-state index in [-0.39, 0.29) is 30.5 Å². The molecule has 27 heavy (non-hydrogen) atoms. The number of hydrogen-bond donors (Lipinski definition) is 3. The largest absolute Gasteiger partial charge is 0.366 e. The summed E-state index contributed by atoms with van der Waals surface area (Å²) in [6.45, 7) is 4.28. The van der Waals surface area contributed by atoms with E-state index < -0.39 is 5.91 Å². The van der Waals surface area contributed by atoms with Crippen molar-refractivity contribution < 1.29 is 14.4 Å². The lowest BCUT2D eigenvalue weighted by Gasteiger charge is -2.19. The van der Waals surface area contributed by atoms with E-state index in [1.54, 1.807) is 28.5 Å². The third kappa shape index (κ3) is 6.06. The van der Waals surface area contributed by atoms with Gasteiger partial charge in [-0.25, -0.2) is 0 Å². The zero-order valence-corrected chi connectivity index (χ0v) is 16.6. The molecule has 3 amide bonds. The van der Waals surface area contributed by atoms with Crippen LogP contribution in [0.5, 0.6) is 0 Å². The molecule has 0 fully saturated rings. The molecule has 144 valence electrons. The molecule has 4 N–H and O–H groups in total. The van der Waals surface area contributed by atoms with Gasteiger partial charge in [-0.15, -0.1) is 11.3 Å². The molecule has 0 atom stereocenters. The average Bonchev–Trinajstić information content (AvgIpc) is 3.05. The molecule has 0 spiro atoms. The maximum atomic E-state index is 12.3. The molecule has 0 aliphatic rings. The van der Waals surface area contributed by atoms with Crippen LogP contribution in [0.1, 0.15) is 22.8 Å². The number of thiophene rings is 1. The summed E-state index contributed by atoms with van der Waals surface area (Å²) >= 11 is 7.17. The molecule has 1 heterocycles. The number of nitrogens with one attached hydrogen (secondary N) is 2. The Morgan fingerprint density at radius 1 is 1.15 bits per heavy atom. The number of anilines is 2. The van der Waals surface area contributed by atoms with Crippen molar-refractivity contribution in [3.63, 3.8) is 0 Å². The van der Waals surface area contributed by atoms with Gasteiger partial charge < -0.3 is 16.4 Å². The quantitative estimate of drug-likeness (QED) is 0.624. The fourth-order valence-electron chi connectivity index (χ4n) is 2.37. The zero-order chi connectivity index (χ0) is 20.0. The van der Waals surface area contributed by atoms with Crippen LogP contribution in [-0.2, 0) is 9.59 Å². The fraction of sp³-hybridized carbons (Fsp3) is 0.278. The Morgan fingerprint density at radius 3 is 2.44 bits per heavy atom. The van der Waals surface area contributed by atoms with E-state index >= 15 is 0 Å². The first kappa shape index (κ1) is 20.9. The van der Waals surface area contributed by atoms with Gasteiger partial charge in [0.1, 0.15) is 5.00 Å². The molecule has 1 aromatic heterocycles. The van der Waals surface area contributed by atoms with Crippen molar-refractivity contribution in [3.8, 4) is 0 Å². The second-order valence-corrected chi connectivity index (χ2v) is 7.24. The molecule has 0 saturated carbocycles. The highest BCUT2D eigenvalue weighted by Gasteiger charge is 2.17. The van der Waals surface area contributed by atoms with Crippen LogP contribution in [0.15, 0.2) is 29.6 Å². The number of nitrogens with zero attached hydrogens (tertiary/aromatic N) is 1. The summed E-state index contributed by atoms with van der Waals surface area (Å²) in [5.41, 5.74) is 7.07. The molecular weight excluding hydrogens is 388 g/mol. The van der Waals surface area contributed by atoms with E-state index in [0.29, 0.717) is 22.3 Å². The number of likely N-dealkylation sites (N-methyl/N-ethyl adjacent to an activating group) is 1. The van der Waals surface area contributed by atoms with Crippen LogP contribution in [-0.4, -0.2) is 42.3 Å². The van der Waals surface area contributed by atoms with Crippen molar-refractivity contribution in [2.75, 3.05) is 30.3 Å². The van der Waals surface area contributed by atoms with E-state index in [0.717, 1.165) is 5.56 Å². The Kier molecular flexibility index (Phi) is 7.35. The van der Waals surface area contributed by atoms with E-state index in [4.69, 9.17) is 17.3 Å². The number of amides is 3. The van der Waals surface area contributed by atoms with Gasteiger partial charge in [-0.05, 0) is 42.6 Å². The third-order valence-electron chi connectivity index (χ3n) is 3.84. The average molecular weight is 409 g/mol. The molecule has 0 aliphatic heterocycles. The number of primary amides is 1. The molecule has 9 heteroatoms. The van der Waals surface area contributed by atoms with Gasteiger partial charge >= 0.3 is 0 Å². The second-order valence-electron chi connectivity index (χ2n) is 5.89. The van der Waals surface area contributed by atoms with Gasteiger partial charge in [0.05, 0.1) is 18.7 Å². The Labute approximate surface area is 166 Å². The first-order valence-corrected chi connectivity index (χ1v) is 9.51. The van der Waals surface area contributed by atoms with Gasteiger partial charge in [-0.2, -0.15) is 0 Å². The minimum atomic E-state index is -0.602. The van der Waals surface area contributed by atoms with Gasteiger partial charge in [0.2, 0.25) is 11.8 Å². The van der Waals surface area contributed by atoms with Gasteiger partial charge in [0.25, 0.3) is 5.91 Å². The number of carbonyl (C=O) groups excluding carboxylic acids is 3. The van der Waals surface area contributed by atoms with Crippen LogP contribution in [0.4, 0.5) is 10.7 Å². The summed E-state index contributed by atoms with van der Waals surface area (Å²) in [6, 6.07) is 6.81. The standard InChI is InChI=1S/C18H21ClN4O3S/c1-3-23(9-15(24)21-14-8-12(19)5-4-11(14)2)10-16(25)22-18-13(17(20)26)6-7-27-18/h4-8H,3,9-10H2,1-2H3,(H2,20,26)(H,21,24)(H,22,25). The predicted molar refractivity (Wildman–Crippen MR) is 108 cm³/mol. The number of aryl methyl sites for hydroxylation is 1. The molecule has 0 bridgehead atoms. The summed E-state index contributed by atoms with van der Waals surface area (Å²) in [7, 11) is 0. The molecule has 0 saturated heterocycles. The Morgan fingerprint density at radius 2 is 1.81 bits per heavy atom. The van der Waals surface area contributed by atoms with Gasteiger partial charge in [0.15, 0.2) is 0 Å². The maximum Gasteiger partial charge on any atom is 0.251 e. The van der Waals surface area contributed by atoms with Crippen LogP contribution < -0.4 is 16.4 Å². The smallest absolute Gasteiger partial charge is 0.251 e. The second kappa shape index (κ2) is 9.50. The fourth-order valence-corrected chi connectivity index (χ4v) is 3.35. The Balaban J connectivity index is 1.93. The van der Waals surface area contributed by atoms with E-state index in [9.17, 15) is 14.4 Å². The van der Waals surface area contributed by atoms with E-state index in [1.165, 1.54) is 11.3 Å². The number of hydrogen-bond acceptors (Lipinski definition) is 5. The summed E-state index contributed by atoms with van der Waals surface area (Å²) in [6.07, 6.45) is 0. The number of benzene rings is 1. The first-order chi connectivity index (χ1) is 12.8. The van der Waals surface area contributed by atoms with Crippen LogP contribution in [0.25, 0.3) is 0 Å². The number of carbonyl (C=O) groups is 3. The Bertz CT molecular complexity index is 853. The van der Waals surface area contributed by atoms with Crippen molar-refractivity contribution in [1.82, 2.24) is 4.90 Å². The van der Waals surface area contributed by atoms with Crippen LogP contribution >= 0.6 is 22.9 Å². The van der Waals surface area contributed by atoms with Crippen LogP contribution in [0.2, 0.25) is 5.02 Å². The maximum absolute atomic E-state index is 12.3. The lowest BCUT2D eigenvalue weighted by atomic mass is 10.2. The summed E-state index contributed by atoms with van der Waals surface area (Å²) in [5, 5.41) is 8.08. The van der Waals surface area contributed by atoms with Gasteiger partial charge in [-0.3, -0.25) is 19.3 Å². The lowest BCUT2D eigenvalue weighted by Crippen LogP contribution is -2.38. The van der Waals surface area contributed by atoms with Crippen LogP contribution in [0.3, 0.4) is 0 Å². The predicted octanol–water partition coefficient (Wildman–Crippen LogP) is 2.71. The Hall–Kier alpha value is -2.42. The molecule has 2 aromatic rings. The van der Waals surface area contributed by atoms with Gasteiger partial charge in [-0.1, -0.05) is 24.6 Å². The van der Waals surface area contributed by atoms with Crippen molar-refractivity contribution in [2.24, 2.45) is 5.73 Å². The van der Waals surface area contributed by atoms with Crippen molar-refractivity contribution in [2.45, 2.75) is 13.8 Å². The number of rotatable bonds is 8. The molecule has 0 aliphatic carbocycles. The van der Waals surface area contributed by atoms with E-state index in [2.05, 4.69) is 10.6 Å². The van der Waals surface area contributed by atoms with E-state index in [1.807, 2.05) is 19.9 Å². The highest BCUT2D eigenvalue weighted by molar-refractivity contribution is 7.14. The monoisotopic (exact) mass is 408 g/mol. The summed E-state index contributed by atoms with van der Waals surface area (Å²) < 4.78 is 0. The summed E-state index contributed by atoms with van der Waals surface area (Å²) in [4.78, 5) is 37.5. The van der Waals surface area contributed by atoms with Crippen molar-refractivity contribution in [3.05, 3.63) is 45.8 Å². The minimum absolute atomic E-state index is 0.00848. The molecule has 7 nitrogen and oxygen atoms in total. The highest BCUT2D eigenvalue weighted by Crippen LogP contribution is 2.22. The number of halogens is 1. The molecule has 2 rings (SSSR count). The molecule has 1 aromatic carbocycles. The normalized spacial score (nSPS) is 10.7. The SMILES string of the molecule is CCN(CC(=O)Nc1cc(Cl)ccc1C)CC(=O)Nc1sccc1C(N)=O. The number of nitrogens with two attached hydrogens (primary N) is 1. The van der Waals surface area contributed by atoms with Gasteiger partial charge in [0, 0.05) is 10.7 Å². The van der Waals surface area contributed by atoms with Crippen molar-refractivity contribution >= 4 is 51.3 Å². The highest BCUT2D eigenvalue weighted by atomic mass is 35.5. The third-order valence-corrected chi connectivity index (χ3v) is 4.90. The first-order valence-electron chi connectivity index (χ1n) is 8.25. The molecule has 0 radical (unpaired) electrons. The molecule has 0 unspecified atom stereocenters. The van der Waals surface area contributed by atoms with Crippen molar-refractivity contribution in [1.29, 1.82) is 0 Å². The zero-order valence-electron chi connectivity index (χ0n) is 15.0. The minimum Gasteiger partial charge on any atom is -0.366 e. The topological polar surface area (TPSA) is 105 Å². The molecular formula is C18H21ClN4O3S. The summed E-state index contributed by atoms with van der Waals surface area (Å²) in [5.74, 6) is -1.17. The van der Waals surface area contributed by atoms with Crippen LogP contribution in [0, 0.1) is 6.92 Å².